The standard InChI is InChI=1S/C20H20N8O/c1-12(2)25-16-8-17(18-4-3-14-7-13(9-22)10-24-28(14)18)23-11-15(16)20-27-26-19(29-20)5-6-21/h3-4,7-8,10-12H,5-6,21H2,1-2H3,(H,23,25). The molecule has 0 aliphatic heterocycles. The largest absolute Gasteiger partial charge is 0.421 e. The summed E-state index contributed by atoms with van der Waals surface area (Å²) in [5.74, 6) is 0.893. The van der Waals surface area contributed by atoms with Gasteiger partial charge in [-0.25, -0.2) is 4.52 Å². The van der Waals surface area contributed by atoms with Crippen LogP contribution in [0.5, 0.6) is 0 Å². The maximum absolute atomic E-state index is 9.07. The Bertz CT molecular complexity index is 1200. The van der Waals surface area contributed by atoms with Crippen molar-refractivity contribution < 1.29 is 4.42 Å². The molecule has 0 saturated carbocycles. The van der Waals surface area contributed by atoms with Crippen molar-refractivity contribution in [2.45, 2.75) is 26.3 Å². The number of nitriles is 1. The Balaban J connectivity index is 1.79. The molecule has 4 aromatic heterocycles. The number of fused-ring (bicyclic) bond motifs is 1. The number of nitrogens with zero attached hydrogens (tertiary/aromatic N) is 6. The molecule has 0 bridgehead atoms. The Hall–Kier alpha value is -3.77. The quantitative estimate of drug-likeness (QED) is 0.515. The fourth-order valence-electron chi connectivity index (χ4n) is 3.04. The molecule has 4 aromatic rings. The van der Waals surface area contributed by atoms with Crippen LogP contribution in [0.25, 0.3) is 28.4 Å². The van der Waals surface area contributed by atoms with E-state index in [0.29, 0.717) is 30.3 Å². The lowest BCUT2D eigenvalue weighted by Crippen LogP contribution is -2.11. The number of aromatic nitrogens is 5. The average Bonchev–Trinajstić information content (AvgIpc) is 3.34. The number of hydrogen-bond donors (Lipinski definition) is 2. The Kier molecular flexibility index (Phi) is 4.93. The fraction of sp³-hybridized carbons (Fsp3) is 0.250. The predicted octanol–water partition coefficient (Wildman–Crippen LogP) is 2.64. The van der Waals surface area contributed by atoms with E-state index in [1.165, 1.54) is 6.20 Å². The van der Waals surface area contributed by atoms with Crippen molar-refractivity contribution in [3.8, 4) is 28.9 Å². The second-order valence-electron chi connectivity index (χ2n) is 6.87. The maximum Gasteiger partial charge on any atom is 0.251 e. The second kappa shape index (κ2) is 7.69. The van der Waals surface area contributed by atoms with Crippen LogP contribution in [0.3, 0.4) is 0 Å². The van der Waals surface area contributed by atoms with Gasteiger partial charge in [0.1, 0.15) is 6.07 Å². The molecule has 0 atom stereocenters. The van der Waals surface area contributed by atoms with E-state index in [9.17, 15) is 0 Å². The van der Waals surface area contributed by atoms with Crippen LogP contribution in [0.1, 0.15) is 25.3 Å². The van der Waals surface area contributed by atoms with E-state index in [2.05, 4.69) is 45.5 Å². The van der Waals surface area contributed by atoms with Gasteiger partial charge < -0.3 is 15.5 Å². The monoisotopic (exact) mass is 388 g/mol. The third-order valence-electron chi connectivity index (χ3n) is 4.30. The van der Waals surface area contributed by atoms with E-state index in [1.54, 1.807) is 16.8 Å². The van der Waals surface area contributed by atoms with Crippen LogP contribution in [-0.4, -0.2) is 37.4 Å². The summed E-state index contributed by atoms with van der Waals surface area (Å²) in [6.07, 6.45) is 3.77. The van der Waals surface area contributed by atoms with E-state index in [-0.39, 0.29) is 6.04 Å². The van der Waals surface area contributed by atoms with E-state index in [4.69, 9.17) is 15.4 Å². The third-order valence-corrected chi connectivity index (χ3v) is 4.30. The number of nitrogens with two attached hydrogens (primary N) is 1. The van der Waals surface area contributed by atoms with Gasteiger partial charge in [-0.2, -0.15) is 10.4 Å². The van der Waals surface area contributed by atoms with Crippen LogP contribution in [0.4, 0.5) is 5.69 Å². The fourth-order valence-corrected chi connectivity index (χ4v) is 3.04. The van der Waals surface area contributed by atoms with Gasteiger partial charge in [-0.1, -0.05) is 0 Å². The zero-order valence-corrected chi connectivity index (χ0v) is 16.1. The molecule has 0 saturated heterocycles. The highest BCUT2D eigenvalue weighted by molar-refractivity contribution is 5.77. The van der Waals surface area contributed by atoms with Crippen molar-refractivity contribution in [1.29, 1.82) is 5.26 Å². The summed E-state index contributed by atoms with van der Waals surface area (Å²) in [6, 6.07) is 9.85. The van der Waals surface area contributed by atoms with Crippen molar-refractivity contribution in [2.24, 2.45) is 5.73 Å². The Morgan fingerprint density at radius 2 is 2.10 bits per heavy atom. The minimum Gasteiger partial charge on any atom is -0.421 e. The van der Waals surface area contributed by atoms with Crippen molar-refractivity contribution >= 4 is 11.2 Å². The SMILES string of the molecule is CC(C)Nc1cc(-c2ccc3cc(C#N)cnn23)ncc1-c1nnc(CCN)o1. The van der Waals surface area contributed by atoms with Gasteiger partial charge in [0, 0.05) is 25.2 Å². The lowest BCUT2D eigenvalue weighted by molar-refractivity contribution is 0.507. The van der Waals surface area contributed by atoms with Gasteiger partial charge in [-0.15, -0.1) is 10.2 Å². The lowest BCUT2D eigenvalue weighted by Gasteiger charge is -2.14. The van der Waals surface area contributed by atoms with Gasteiger partial charge in [0.15, 0.2) is 0 Å². The first-order chi connectivity index (χ1) is 14.1. The highest BCUT2D eigenvalue weighted by Crippen LogP contribution is 2.31. The number of rotatable bonds is 6. The molecule has 0 aromatic carbocycles. The van der Waals surface area contributed by atoms with Crippen LogP contribution >= 0.6 is 0 Å². The van der Waals surface area contributed by atoms with Crippen LogP contribution in [-0.2, 0) is 6.42 Å². The summed E-state index contributed by atoms with van der Waals surface area (Å²) in [5, 5.41) is 25.0. The number of anilines is 1. The van der Waals surface area contributed by atoms with Gasteiger partial charge in [-0.3, -0.25) is 4.98 Å². The molecule has 0 spiro atoms. The molecular formula is C20H20N8O. The smallest absolute Gasteiger partial charge is 0.251 e. The summed E-state index contributed by atoms with van der Waals surface area (Å²) < 4.78 is 7.49. The zero-order chi connectivity index (χ0) is 20.4. The molecule has 0 aliphatic rings. The normalized spacial score (nSPS) is 11.1. The summed E-state index contributed by atoms with van der Waals surface area (Å²) in [4.78, 5) is 4.60. The van der Waals surface area contributed by atoms with Crippen molar-refractivity contribution in [3.63, 3.8) is 0 Å². The summed E-state index contributed by atoms with van der Waals surface area (Å²) in [5.41, 5.74) is 10.0. The minimum absolute atomic E-state index is 0.191. The van der Waals surface area contributed by atoms with Gasteiger partial charge in [0.05, 0.1) is 39.9 Å². The topological polar surface area (TPSA) is 131 Å². The molecule has 0 radical (unpaired) electrons. The first-order valence-corrected chi connectivity index (χ1v) is 9.26. The first kappa shape index (κ1) is 18.6. The Morgan fingerprint density at radius 3 is 2.86 bits per heavy atom. The molecule has 0 amide bonds. The Morgan fingerprint density at radius 1 is 1.24 bits per heavy atom. The van der Waals surface area contributed by atoms with Gasteiger partial charge >= 0.3 is 0 Å². The predicted molar refractivity (Wildman–Crippen MR) is 108 cm³/mol. The van der Waals surface area contributed by atoms with Crippen LogP contribution < -0.4 is 11.1 Å². The van der Waals surface area contributed by atoms with Crippen LogP contribution in [0.2, 0.25) is 0 Å². The number of nitrogens with one attached hydrogen (secondary N) is 1. The zero-order valence-electron chi connectivity index (χ0n) is 16.1. The van der Waals surface area contributed by atoms with E-state index >= 15 is 0 Å². The third kappa shape index (κ3) is 3.66. The highest BCUT2D eigenvalue weighted by Gasteiger charge is 2.17. The molecule has 0 unspecified atom stereocenters. The van der Waals surface area contributed by atoms with Crippen molar-refractivity contribution in [3.05, 3.63) is 48.1 Å². The van der Waals surface area contributed by atoms with E-state index < -0.39 is 0 Å². The molecule has 4 rings (SSSR count). The van der Waals surface area contributed by atoms with Gasteiger partial charge in [-0.05, 0) is 38.1 Å². The molecule has 4 heterocycles. The first-order valence-electron chi connectivity index (χ1n) is 9.26. The molecule has 0 aliphatic carbocycles. The van der Waals surface area contributed by atoms with Gasteiger partial charge in [0.25, 0.3) is 5.89 Å². The Labute approximate surface area is 167 Å². The number of pyridine rings is 1. The lowest BCUT2D eigenvalue weighted by atomic mass is 10.1. The molecule has 146 valence electrons. The molecule has 0 fully saturated rings. The maximum atomic E-state index is 9.07. The number of hydrogen-bond acceptors (Lipinski definition) is 8. The average molecular weight is 388 g/mol. The molecule has 9 heteroatoms. The van der Waals surface area contributed by atoms with Crippen molar-refractivity contribution in [1.82, 2.24) is 24.8 Å². The second-order valence-corrected chi connectivity index (χ2v) is 6.87. The van der Waals surface area contributed by atoms with Crippen LogP contribution in [0, 0.1) is 11.3 Å². The summed E-state index contributed by atoms with van der Waals surface area (Å²) >= 11 is 0. The molecular weight excluding hydrogens is 368 g/mol. The van der Waals surface area contributed by atoms with Gasteiger partial charge in [0.2, 0.25) is 5.89 Å². The summed E-state index contributed by atoms with van der Waals surface area (Å²) in [6.45, 7) is 4.54. The van der Waals surface area contributed by atoms with Crippen molar-refractivity contribution in [2.75, 3.05) is 11.9 Å². The molecule has 3 N–H and O–H groups in total. The van der Waals surface area contributed by atoms with Crippen LogP contribution in [0.15, 0.2) is 41.1 Å². The van der Waals surface area contributed by atoms with E-state index in [0.717, 1.165) is 28.2 Å². The summed E-state index contributed by atoms with van der Waals surface area (Å²) in [7, 11) is 0. The molecule has 29 heavy (non-hydrogen) atoms. The minimum atomic E-state index is 0.191. The molecule has 9 nitrogen and oxygen atoms in total. The van der Waals surface area contributed by atoms with E-state index in [1.807, 2.05) is 18.2 Å². The highest BCUT2D eigenvalue weighted by atomic mass is 16.4.